The first-order chi connectivity index (χ1) is 9.67. The van der Waals surface area contributed by atoms with Crippen molar-refractivity contribution in [3.05, 3.63) is 23.8 Å². The molecule has 0 atom stereocenters. The number of fused-ring (bicyclic) bond motifs is 1. The Morgan fingerprint density at radius 2 is 2.00 bits per heavy atom. The lowest BCUT2D eigenvalue weighted by Crippen LogP contribution is -2.18. The summed E-state index contributed by atoms with van der Waals surface area (Å²) < 4.78 is 65.0. The Labute approximate surface area is 118 Å². The average Bonchev–Trinajstić information content (AvgIpc) is 2.63. The summed E-state index contributed by atoms with van der Waals surface area (Å²) in [6.45, 7) is -1.52. The lowest BCUT2D eigenvalue weighted by Gasteiger charge is -2.11. The van der Waals surface area contributed by atoms with E-state index < -0.39 is 41.6 Å². The Kier molecular flexibility index (Phi) is 4.08. The van der Waals surface area contributed by atoms with Gasteiger partial charge in [0, 0.05) is 12.1 Å². The van der Waals surface area contributed by atoms with Gasteiger partial charge in [-0.2, -0.15) is 13.2 Å². The van der Waals surface area contributed by atoms with E-state index in [0.29, 0.717) is 22.4 Å². The summed E-state index contributed by atoms with van der Waals surface area (Å²) in [5.41, 5.74) is -0.814. The minimum Gasteiger partial charge on any atom is -0.481 e. The van der Waals surface area contributed by atoms with Crippen molar-refractivity contribution >= 4 is 28.8 Å². The largest absolute Gasteiger partial charge is 0.481 e. The maximum Gasteiger partial charge on any atom is 0.406 e. The molecule has 114 valence electrons. The summed E-state index contributed by atoms with van der Waals surface area (Å²) in [6, 6.07) is 1.22. The van der Waals surface area contributed by atoms with Crippen LogP contribution in [0, 0.1) is 11.6 Å². The fourth-order valence-corrected chi connectivity index (χ4v) is 2.42. The van der Waals surface area contributed by atoms with Gasteiger partial charge in [-0.15, -0.1) is 0 Å². The summed E-state index contributed by atoms with van der Waals surface area (Å²) >= 11 is 0.499. The highest BCUT2D eigenvalue weighted by Crippen LogP contribution is 2.30. The summed E-state index contributed by atoms with van der Waals surface area (Å²) in [7, 11) is 0. The number of benzene rings is 1. The van der Waals surface area contributed by atoms with Gasteiger partial charge in [-0.3, -0.25) is 4.79 Å². The molecular formula is C11H7F5N2O2S. The van der Waals surface area contributed by atoms with Gasteiger partial charge >= 0.3 is 12.1 Å². The lowest BCUT2D eigenvalue weighted by molar-refractivity contribution is -0.141. The van der Waals surface area contributed by atoms with E-state index in [4.69, 9.17) is 5.11 Å². The second-order valence-corrected chi connectivity index (χ2v) is 4.98. The van der Waals surface area contributed by atoms with Gasteiger partial charge in [0.15, 0.2) is 11.0 Å². The van der Waals surface area contributed by atoms with Crippen LogP contribution >= 0.6 is 11.8 Å². The molecular weight excluding hydrogens is 319 g/mol. The van der Waals surface area contributed by atoms with Crippen LogP contribution < -0.4 is 0 Å². The third-order valence-corrected chi connectivity index (χ3v) is 3.36. The Morgan fingerprint density at radius 1 is 1.33 bits per heavy atom. The monoisotopic (exact) mass is 326 g/mol. The van der Waals surface area contributed by atoms with Crippen molar-refractivity contribution in [2.45, 2.75) is 17.9 Å². The van der Waals surface area contributed by atoms with Crippen LogP contribution in [0.15, 0.2) is 17.3 Å². The smallest absolute Gasteiger partial charge is 0.406 e. The highest BCUT2D eigenvalue weighted by molar-refractivity contribution is 7.99. The number of thioether (sulfide) groups is 1. The number of carboxylic acid groups (broad SMARTS) is 1. The number of rotatable bonds is 4. The number of carbonyl (C=O) groups is 1. The molecule has 21 heavy (non-hydrogen) atoms. The molecule has 0 unspecified atom stereocenters. The normalized spacial score (nSPS) is 12.0. The Hall–Kier alpha value is -1.84. The molecule has 0 aliphatic rings. The van der Waals surface area contributed by atoms with E-state index in [2.05, 4.69) is 4.98 Å². The van der Waals surface area contributed by atoms with E-state index in [9.17, 15) is 26.7 Å². The minimum atomic E-state index is -4.64. The van der Waals surface area contributed by atoms with E-state index in [1.807, 2.05) is 0 Å². The quantitative estimate of drug-likeness (QED) is 0.693. The van der Waals surface area contributed by atoms with Crippen LogP contribution in [-0.4, -0.2) is 32.6 Å². The molecule has 1 aromatic heterocycles. The van der Waals surface area contributed by atoms with Gasteiger partial charge in [-0.25, -0.2) is 13.8 Å². The number of hydrogen-bond acceptors (Lipinski definition) is 3. The third-order valence-electron chi connectivity index (χ3n) is 2.40. The molecule has 0 aliphatic carbocycles. The van der Waals surface area contributed by atoms with Crippen LogP contribution in [0.2, 0.25) is 0 Å². The maximum atomic E-state index is 13.5. The van der Waals surface area contributed by atoms with Crippen LogP contribution in [0.1, 0.15) is 0 Å². The van der Waals surface area contributed by atoms with Crippen LogP contribution in [0.4, 0.5) is 22.0 Å². The number of aliphatic carboxylic acids is 1. The molecule has 0 radical (unpaired) electrons. The van der Waals surface area contributed by atoms with Gasteiger partial charge in [0.1, 0.15) is 17.9 Å². The molecule has 0 spiro atoms. The zero-order valence-electron chi connectivity index (χ0n) is 10.1. The van der Waals surface area contributed by atoms with Crippen LogP contribution in [0.5, 0.6) is 0 Å². The Balaban J connectivity index is 2.57. The van der Waals surface area contributed by atoms with Crippen molar-refractivity contribution < 1.29 is 31.9 Å². The van der Waals surface area contributed by atoms with Crippen molar-refractivity contribution in [2.24, 2.45) is 0 Å². The molecule has 0 saturated carbocycles. The fraction of sp³-hybridized carbons (Fsp3) is 0.273. The van der Waals surface area contributed by atoms with Crippen molar-refractivity contribution in [3.8, 4) is 0 Å². The fourth-order valence-electron chi connectivity index (χ4n) is 1.70. The minimum absolute atomic E-state index is 0.339. The molecule has 0 amide bonds. The molecule has 4 nitrogen and oxygen atoms in total. The number of hydrogen-bond donors (Lipinski definition) is 1. The van der Waals surface area contributed by atoms with Crippen LogP contribution in [-0.2, 0) is 11.3 Å². The predicted molar refractivity (Wildman–Crippen MR) is 64.1 cm³/mol. The number of carboxylic acids is 1. The van der Waals surface area contributed by atoms with Gasteiger partial charge in [0.25, 0.3) is 0 Å². The molecule has 1 aromatic carbocycles. The van der Waals surface area contributed by atoms with Crippen molar-refractivity contribution in [1.29, 1.82) is 0 Å². The summed E-state index contributed by atoms with van der Waals surface area (Å²) in [5.74, 6) is -3.97. The second-order valence-electron chi connectivity index (χ2n) is 4.03. The summed E-state index contributed by atoms with van der Waals surface area (Å²) in [4.78, 5) is 14.1. The van der Waals surface area contributed by atoms with E-state index >= 15 is 0 Å². The number of alkyl halides is 3. The molecule has 2 rings (SSSR count). The van der Waals surface area contributed by atoms with E-state index in [1.165, 1.54) is 0 Å². The van der Waals surface area contributed by atoms with Gasteiger partial charge in [0.2, 0.25) is 0 Å². The zero-order chi connectivity index (χ0) is 15.8. The molecule has 2 aromatic rings. The van der Waals surface area contributed by atoms with Crippen LogP contribution in [0.25, 0.3) is 11.0 Å². The zero-order valence-corrected chi connectivity index (χ0v) is 10.9. The first kappa shape index (κ1) is 15.5. The first-order valence-electron chi connectivity index (χ1n) is 5.44. The second kappa shape index (κ2) is 5.51. The standard InChI is InChI=1S/C11H7F5N2O2S/c12-5-1-6(13)9-7(2-5)18(4-11(14,15)16)10(17-9)21-3-8(19)20/h1-2H,3-4H2,(H,19,20). The number of aromatic nitrogens is 2. The van der Waals surface area contributed by atoms with Gasteiger partial charge in [-0.1, -0.05) is 11.8 Å². The average molecular weight is 326 g/mol. The Morgan fingerprint density at radius 3 is 2.57 bits per heavy atom. The SMILES string of the molecule is O=C(O)CSc1nc2c(F)cc(F)cc2n1CC(F)(F)F. The number of imidazole rings is 1. The van der Waals surface area contributed by atoms with Crippen molar-refractivity contribution in [2.75, 3.05) is 5.75 Å². The number of nitrogens with zero attached hydrogens (tertiary/aromatic N) is 2. The van der Waals surface area contributed by atoms with Gasteiger partial charge < -0.3 is 9.67 Å². The van der Waals surface area contributed by atoms with Gasteiger partial charge in [-0.05, 0) is 0 Å². The summed E-state index contributed by atoms with van der Waals surface area (Å²) in [6.07, 6.45) is -4.64. The van der Waals surface area contributed by atoms with E-state index in [0.717, 1.165) is 6.07 Å². The van der Waals surface area contributed by atoms with Crippen molar-refractivity contribution in [3.63, 3.8) is 0 Å². The van der Waals surface area contributed by atoms with Crippen LogP contribution in [0.3, 0.4) is 0 Å². The van der Waals surface area contributed by atoms with E-state index in [1.54, 1.807) is 0 Å². The molecule has 0 aliphatic heterocycles. The topological polar surface area (TPSA) is 55.1 Å². The molecule has 0 fully saturated rings. The third kappa shape index (κ3) is 3.63. The first-order valence-corrected chi connectivity index (χ1v) is 6.42. The molecule has 1 heterocycles. The summed E-state index contributed by atoms with van der Waals surface area (Å²) in [5, 5.41) is 8.22. The highest BCUT2D eigenvalue weighted by Gasteiger charge is 2.31. The molecule has 10 heteroatoms. The lowest BCUT2D eigenvalue weighted by atomic mass is 10.3. The van der Waals surface area contributed by atoms with Crippen molar-refractivity contribution in [1.82, 2.24) is 9.55 Å². The predicted octanol–water partition coefficient (Wildman–Crippen LogP) is 3.05. The van der Waals surface area contributed by atoms with E-state index in [-0.39, 0.29) is 10.7 Å². The van der Waals surface area contributed by atoms with Gasteiger partial charge in [0.05, 0.1) is 11.3 Å². The molecule has 0 saturated heterocycles. The molecule has 1 N–H and O–H groups in total. The highest BCUT2D eigenvalue weighted by atomic mass is 32.2. The maximum absolute atomic E-state index is 13.5. The molecule has 0 bridgehead atoms. The Bertz CT molecular complexity index is 698. The number of halogens is 5.